The van der Waals surface area contributed by atoms with Gasteiger partial charge in [0.2, 0.25) is 0 Å². The topological polar surface area (TPSA) is 88.6 Å². The largest absolute Gasteiger partial charge is 0.379 e. The molecule has 2 aliphatic heterocycles. The van der Waals surface area contributed by atoms with Gasteiger partial charge in [-0.3, -0.25) is 4.98 Å². The van der Waals surface area contributed by atoms with Crippen molar-refractivity contribution in [2.24, 2.45) is 0 Å². The van der Waals surface area contributed by atoms with Gasteiger partial charge in [0.15, 0.2) is 9.84 Å². The van der Waals surface area contributed by atoms with Crippen molar-refractivity contribution >= 4 is 21.4 Å². The van der Waals surface area contributed by atoms with E-state index in [0.717, 1.165) is 41.6 Å². The number of amides is 2. The molecule has 1 atom stereocenters. The van der Waals surface area contributed by atoms with Crippen LogP contribution in [0.5, 0.6) is 0 Å². The van der Waals surface area contributed by atoms with Gasteiger partial charge in [0.05, 0.1) is 23.2 Å². The van der Waals surface area contributed by atoms with Crippen molar-refractivity contribution in [2.45, 2.75) is 30.2 Å². The highest BCUT2D eigenvalue weighted by molar-refractivity contribution is 7.90. The SMILES string of the molecule is CS(=O)(=O)c1ccc(-c2cnc3c(c2)C(C2=CCN(C(=O)NC4CCOC4)CC2)=CC3)cc1. The van der Waals surface area contributed by atoms with Gasteiger partial charge in [-0.1, -0.05) is 24.3 Å². The normalized spacial score (nSPS) is 20.3. The van der Waals surface area contributed by atoms with Crippen LogP contribution in [0.25, 0.3) is 16.7 Å². The van der Waals surface area contributed by atoms with Gasteiger partial charge in [-0.05, 0) is 47.8 Å². The Bertz CT molecular complexity index is 1240. The number of carbonyl (C=O) groups is 1. The predicted molar refractivity (Wildman–Crippen MR) is 126 cm³/mol. The van der Waals surface area contributed by atoms with Crippen molar-refractivity contribution in [3.8, 4) is 11.1 Å². The molecule has 1 saturated heterocycles. The maximum atomic E-state index is 12.5. The third kappa shape index (κ3) is 4.58. The van der Waals surface area contributed by atoms with Crippen LogP contribution in [0.2, 0.25) is 0 Å². The van der Waals surface area contributed by atoms with Crippen LogP contribution >= 0.6 is 0 Å². The number of sulfone groups is 1. The number of benzene rings is 1. The van der Waals surface area contributed by atoms with Crippen molar-refractivity contribution in [3.05, 3.63) is 65.5 Å². The minimum atomic E-state index is -3.22. The molecule has 1 aromatic heterocycles. The van der Waals surface area contributed by atoms with E-state index >= 15 is 0 Å². The van der Waals surface area contributed by atoms with E-state index in [-0.39, 0.29) is 12.1 Å². The molecular formula is C25H27N3O4S. The zero-order valence-corrected chi connectivity index (χ0v) is 19.4. The Morgan fingerprint density at radius 3 is 2.67 bits per heavy atom. The molecule has 1 unspecified atom stereocenters. The fourth-order valence-corrected chi connectivity index (χ4v) is 5.20. The average molecular weight is 466 g/mol. The molecule has 8 heteroatoms. The molecule has 33 heavy (non-hydrogen) atoms. The maximum absolute atomic E-state index is 12.5. The van der Waals surface area contributed by atoms with E-state index in [1.54, 1.807) is 12.1 Å². The van der Waals surface area contributed by atoms with Crippen LogP contribution in [-0.2, 0) is 21.0 Å². The van der Waals surface area contributed by atoms with Crippen LogP contribution in [0.1, 0.15) is 24.1 Å². The van der Waals surface area contributed by atoms with Crippen molar-refractivity contribution < 1.29 is 17.9 Å². The number of allylic oxidation sites excluding steroid dienone is 2. The van der Waals surface area contributed by atoms with Gasteiger partial charge in [-0.15, -0.1) is 0 Å². The molecule has 3 aliphatic rings. The number of aromatic nitrogens is 1. The van der Waals surface area contributed by atoms with Crippen LogP contribution < -0.4 is 5.32 Å². The van der Waals surface area contributed by atoms with E-state index in [1.165, 1.54) is 17.4 Å². The molecule has 1 aliphatic carbocycles. The quantitative estimate of drug-likeness (QED) is 0.749. The number of rotatable bonds is 4. The fourth-order valence-electron chi connectivity index (χ4n) is 4.57. The van der Waals surface area contributed by atoms with Gasteiger partial charge in [-0.2, -0.15) is 0 Å². The summed E-state index contributed by atoms with van der Waals surface area (Å²) >= 11 is 0. The monoisotopic (exact) mass is 465 g/mol. The minimum Gasteiger partial charge on any atom is -0.379 e. The first kappa shape index (κ1) is 21.9. The molecule has 2 amide bonds. The molecule has 3 heterocycles. The number of fused-ring (bicyclic) bond motifs is 1. The lowest BCUT2D eigenvalue weighted by Gasteiger charge is -2.28. The number of pyridine rings is 1. The van der Waals surface area contributed by atoms with E-state index in [9.17, 15) is 13.2 Å². The summed E-state index contributed by atoms with van der Waals surface area (Å²) in [6.45, 7) is 2.57. The molecule has 0 spiro atoms. The van der Waals surface area contributed by atoms with Crippen molar-refractivity contribution in [1.82, 2.24) is 15.2 Å². The molecule has 1 aromatic carbocycles. The summed E-state index contributed by atoms with van der Waals surface area (Å²) in [7, 11) is -3.22. The highest BCUT2D eigenvalue weighted by atomic mass is 32.2. The van der Waals surface area contributed by atoms with Crippen LogP contribution in [0.3, 0.4) is 0 Å². The molecule has 2 aromatic rings. The second kappa shape index (κ2) is 8.76. The van der Waals surface area contributed by atoms with Gasteiger partial charge in [0.1, 0.15) is 0 Å². The summed E-state index contributed by atoms with van der Waals surface area (Å²) in [4.78, 5) is 19.4. The zero-order valence-electron chi connectivity index (χ0n) is 18.6. The number of nitrogens with zero attached hydrogens (tertiary/aromatic N) is 2. The number of hydrogen-bond acceptors (Lipinski definition) is 5. The fraction of sp³-hybridized carbons (Fsp3) is 0.360. The van der Waals surface area contributed by atoms with Crippen LogP contribution in [0.15, 0.2) is 59.1 Å². The maximum Gasteiger partial charge on any atom is 0.317 e. The summed E-state index contributed by atoms with van der Waals surface area (Å²) in [5.41, 5.74) is 6.48. The average Bonchev–Trinajstić information content (AvgIpc) is 3.48. The first-order valence-corrected chi connectivity index (χ1v) is 13.1. The number of urea groups is 1. The third-order valence-electron chi connectivity index (χ3n) is 6.48. The molecule has 5 rings (SSSR count). The van der Waals surface area contributed by atoms with Crippen molar-refractivity contribution in [2.75, 3.05) is 32.6 Å². The Morgan fingerprint density at radius 1 is 1.18 bits per heavy atom. The van der Waals surface area contributed by atoms with Gasteiger partial charge >= 0.3 is 6.03 Å². The second-order valence-electron chi connectivity index (χ2n) is 8.77. The van der Waals surface area contributed by atoms with E-state index in [0.29, 0.717) is 31.2 Å². The first-order chi connectivity index (χ1) is 15.9. The van der Waals surface area contributed by atoms with E-state index in [4.69, 9.17) is 4.74 Å². The molecule has 172 valence electrons. The lowest BCUT2D eigenvalue weighted by atomic mass is 9.94. The molecule has 0 saturated carbocycles. The number of nitrogens with one attached hydrogen (secondary N) is 1. The lowest BCUT2D eigenvalue weighted by Crippen LogP contribution is -2.46. The highest BCUT2D eigenvalue weighted by Crippen LogP contribution is 2.36. The van der Waals surface area contributed by atoms with Crippen LogP contribution in [0.4, 0.5) is 4.79 Å². The van der Waals surface area contributed by atoms with Gasteiger partial charge in [0.25, 0.3) is 0 Å². The molecular weight excluding hydrogens is 438 g/mol. The van der Waals surface area contributed by atoms with E-state index in [2.05, 4.69) is 28.5 Å². The Kier molecular flexibility index (Phi) is 5.80. The molecule has 0 bridgehead atoms. The molecule has 7 nitrogen and oxygen atoms in total. The smallest absolute Gasteiger partial charge is 0.317 e. The van der Waals surface area contributed by atoms with E-state index < -0.39 is 9.84 Å². The first-order valence-electron chi connectivity index (χ1n) is 11.2. The summed E-state index contributed by atoms with van der Waals surface area (Å²) in [5, 5.41) is 3.06. The van der Waals surface area contributed by atoms with Crippen molar-refractivity contribution in [3.63, 3.8) is 0 Å². The second-order valence-corrected chi connectivity index (χ2v) is 10.8. The molecule has 0 radical (unpaired) electrons. The summed E-state index contributed by atoms with van der Waals surface area (Å²) in [6.07, 6.45) is 9.88. The highest BCUT2D eigenvalue weighted by Gasteiger charge is 2.26. The lowest BCUT2D eigenvalue weighted by molar-refractivity contribution is 0.179. The molecule has 1 N–H and O–H groups in total. The number of carbonyl (C=O) groups excluding carboxylic acids is 1. The Balaban J connectivity index is 1.31. The summed E-state index contributed by atoms with van der Waals surface area (Å²) in [5.74, 6) is 0. The van der Waals surface area contributed by atoms with Gasteiger partial charge in [-0.25, -0.2) is 13.2 Å². The van der Waals surface area contributed by atoms with Gasteiger partial charge in [0, 0.05) is 49.7 Å². The number of hydrogen-bond donors (Lipinski definition) is 1. The zero-order chi connectivity index (χ0) is 23.0. The van der Waals surface area contributed by atoms with Crippen molar-refractivity contribution in [1.29, 1.82) is 0 Å². The minimum absolute atomic E-state index is 0.0249. The van der Waals surface area contributed by atoms with E-state index in [1.807, 2.05) is 23.2 Å². The Hall–Kier alpha value is -2.97. The summed E-state index contributed by atoms with van der Waals surface area (Å²) < 4.78 is 28.8. The standard InChI is InChI=1S/C25H27N3O4S/c1-33(30,31)21-4-2-17(3-5-21)19-14-23-22(6-7-24(23)26-15-19)18-8-11-28(12-9-18)25(29)27-20-10-13-32-16-20/h2-6,8,14-15,20H,7,9-13,16H2,1H3,(H,27,29). The number of ether oxygens (including phenoxy) is 1. The Labute approximate surface area is 194 Å². The molecule has 1 fully saturated rings. The third-order valence-corrected chi connectivity index (χ3v) is 7.60. The predicted octanol–water partition coefficient (Wildman–Crippen LogP) is 3.22. The Morgan fingerprint density at radius 2 is 2.00 bits per heavy atom. The van der Waals surface area contributed by atoms with Gasteiger partial charge < -0.3 is 15.0 Å². The van der Waals surface area contributed by atoms with Crippen LogP contribution in [0, 0.1) is 0 Å². The summed E-state index contributed by atoms with van der Waals surface area (Å²) in [6, 6.07) is 9.14. The van der Waals surface area contributed by atoms with Crippen LogP contribution in [-0.4, -0.2) is 62.9 Å².